The zero-order valence-corrected chi connectivity index (χ0v) is 13.8. The fourth-order valence-corrected chi connectivity index (χ4v) is 3.04. The van der Waals surface area contributed by atoms with Crippen LogP contribution in [0.5, 0.6) is 5.75 Å². The molecule has 0 spiro atoms. The van der Waals surface area contributed by atoms with Crippen molar-refractivity contribution in [1.29, 1.82) is 0 Å². The van der Waals surface area contributed by atoms with Crippen LogP contribution < -0.4 is 4.74 Å². The first-order valence-electron chi connectivity index (χ1n) is 6.97. The highest BCUT2D eigenvalue weighted by molar-refractivity contribution is 9.10. The molecule has 3 aromatic carbocycles. The third-order valence-corrected chi connectivity index (χ3v) is 4.17. The summed E-state index contributed by atoms with van der Waals surface area (Å²) in [5.41, 5.74) is 3.81. The summed E-state index contributed by atoms with van der Waals surface area (Å²) in [6, 6.07) is 19.3. The van der Waals surface area contributed by atoms with Crippen molar-refractivity contribution in [2.45, 2.75) is 13.3 Å². The zero-order chi connectivity index (χ0) is 14.8. The van der Waals surface area contributed by atoms with Crippen LogP contribution in [0.4, 0.5) is 0 Å². The Hall–Kier alpha value is -1.80. The molecule has 0 aliphatic rings. The van der Waals surface area contributed by atoms with E-state index in [1.165, 1.54) is 27.5 Å². The van der Waals surface area contributed by atoms with Gasteiger partial charge in [0.15, 0.2) is 0 Å². The van der Waals surface area contributed by atoms with E-state index in [-0.39, 0.29) is 0 Å². The summed E-state index contributed by atoms with van der Waals surface area (Å²) in [6.07, 6.45) is 0.882. The predicted octanol–water partition coefficient (Wildman–Crippen LogP) is 5.51. The van der Waals surface area contributed by atoms with E-state index in [4.69, 9.17) is 4.74 Å². The minimum absolute atomic E-state index is 0.882. The van der Waals surface area contributed by atoms with E-state index in [0.717, 1.165) is 16.6 Å². The van der Waals surface area contributed by atoms with Crippen LogP contribution in [-0.2, 0) is 6.42 Å². The van der Waals surface area contributed by atoms with Gasteiger partial charge in [0.2, 0.25) is 0 Å². The van der Waals surface area contributed by atoms with Gasteiger partial charge in [-0.2, -0.15) is 0 Å². The second-order valence-electron chi connectivity index (χ2n) is 5.32. The molecule has 106 valence electrons. The van der Waals surface area contributed by atoms with E-state index < -0.39 is 0 Å². The first kappa shape index (κ1) is 14.2. The van der Waals surface area contributed by atoms with Crippen LogP contribution in [0.2, 0.25) is 0 Å². The van der Waals surface area contributed by atoms with Crippen LogP contribution in [0.25, 0.3) is 10.8 Å². The molecular formula is C19H17BrO. The summed E-state index contributed by atoms with van der Waals surface area (Å²) in [4.78, 5) is 0. The maximum atomic E-state index is 5.57. The van der Waals surface area contributed by atoms with Gasteiger partial charge in [-0.1, -0.05) is 51.8 Å². The highest BCUT2D eigenvalue weighted by Gasteiger charge is 2.07. The standard InChI is InChI=1S/C19H17BrO/c1-13-4-3-5-14(8-13)9-17-10-16-11-18(20)7-6-15(16)12-19(17)21-2/h3-8,10-12H,9H2,1-2H3. The number of hydrogen-bond acceptors (Lipinski definition) is 1. The van der Waals surface area contributed by atoms with Gasteiger partial charge in [-0.3, -0.25) is 0 Å². The van der Waals surface area contributed by atoms with Crippen molar-refractivity contribution in [1.82, 2.24) is 0 Å². The average molecular weight is 341 g/mol. The van der Waals surface area contributed by atoms with Gasteiger partial charge in [0.25, 0.3) is 0 Å². The summed E-state index contributed by atoms with van der Waals surface area (Å²) in [6.45, 7) is 2.12. The van der Waals surface area contributed by atoms with Gasteiger partial charge in [-0.05, 0) is 53.1 Å². The van der Waals surface area contributed by atoms with Crippen LogP contribution >= 0.6 is 15.9 Å². The summed E-state index contributed by atoms with van der Waals surface area (Å²) >= 11 is 3.54. The molecular weight excluding hydrogens is 324 g/mol. The maximum Gasteiger partial charge on any atom is 0.123 e. The molecule has 0 saturated carbocycles. The SMILES string of the molecule is COc1cc2ccc(Br)cc2cc1Cc1cccc(C)c1. The van der Waals surface area contributed by atoms with Gasteiger partial charge in [-0.15, -0.1) is 0 Å². The molecule has 3 rings (SSSR count). The summed E-state index contributed by atoms with van der Waals surface area (Å²) in [5, 5.41) is 2.43. The highest BCUT2D eigenvalue weighted by atomic mass is 79.9. The molecule has 0 N–H and O–H groups in total. The van der Waals surface area contributed by atoms with Crippen molar-refractivity contribution in [2.24, 2.45) is 0 Å². The Morgan fingerprint density at radius 1 is 0.952 bits per heavy atom. The Bertz CT molecular complexity index is 793. The maximum absolute atomic E-state index is 5.57. The van der Waals surface area contributed by atoms with Crippen molar-refractivity contribution in [3.05, 3.63) is 75.8 Å². The Morgan fingerprint density at radius 2 is 1.81 bits per heavy atom. The molecule has 0 saturated heterocycles. The first-order chi connectivity index (χ1) is 10.2. The number of fused-ring (bicyclic) bond motifs is 1. The van der Waals surface area contributed by atoms with E-state index in [1.807, 2.05) is 0 Å². The van der Waals surface area contributed by atoms with Crippen molar-refractivity contribution < 1.29 is 4.74 Å². The molecule has 3 aromatic rings. The normalized spacial score (nSPS) is 10.8. The van der Waals surface area contributed by atoms with Crippen LogP contribution in [0.15, 0.2) is 59.1 Å². The number of benzene rings is 3. The van der Waals surface area contributed by atoms with E-state index in [9.17, 15) is 0 Å². The molecule has 0 bridgehead atoms. The number of aryl methyl sites for hydroxylation is 1. The number of halogens is 1. The summed E-state index contributed by atoms with van der Waals surface area (Å²) in [7, 11) is 1.74. The van der Waals surface area contributed by atoms with Gasteiger partial charge in [0, 0.05) is 10.9 Å². The Morgan fingerprint density at radius 3 is 2.57 bits per heavy atom. The molecule has 0 radical (unpaired) electrons. The van der Waals surface area contributed by atoms with E-state index in [2.05, 4.69) is 77.5 Å². The number of methoxy groups -OCH3 is 1. The fraction of sp³-hybridized carbons (Fsp3) is 0.158. The van der Waals surface area contributed by atoms with Crippen LogP contribution in [0.3, 0.4) is 0 Å². The van der Waals surface area contributed by atoms with Gasteiger partial charge >= 0.3 is 0 Å². The third kappa shape index (κ3) is 3.11. The summed E-state index contributed by atoms with van der Waals surface area (Å²) < 4.78 is 6.67. The molecule has 0 unspecified atom stereocenters. The molecule has 21 heavy (non-hydrogen) atoms. The van der Waals surface area contributed by atoms with Gasteiger partial charge in [-0.25, -0.2) is 0 Å². The van der Waals surface area contributed by atoms with Gasteiger partial charge in [0.1, 0.15) is 5.75 Å². The second kappa shape index (κ2) is 5.90. The fourth-order valence-electron chi connectivity index (χ4n) is 2.67. The van der Waals surface area contributed by atoms with Gasteiger partial charge in [0.05, 0.1) is 7.11 Å². The first-order valence-corrected chi connectivity index (χ1v) is 7.77. The van der Waals surface area contributed by atoms with Crippen molar-refractivity contribution in [3.8, 4) is 5.75 Å². The molecule has 0 fully saturated rings. The zero-order valence-electron chi connectivity index (χ0n) is 12.2. The number of rotatable bonds is 3. The monoisotopic (exact) mass is 340 g/mol. The largest absolute Gasteiger partial charge is 0.496 e. The number of ether oxygens (including phenoxy) is 1. The average Bonchev–Trinajstić information content (AvgIpc) is 2.46. The Labute approximate surface area is 133 Å². The topological polar surface area (TPSA) is 9.23 Å². The molecule has 0 amide bonds. The van der Waals surface area contributed by atoms with E-state index in [1.54, 1.807) is 7.11 Å². The van der Waals surface area contributed by atoms with Crippen molar-refractivity contribution in [3.63, 3.8) is 0 Å². The lowest BCUT2D eigenvalue weighted by atomic mass is 9.99. The Kier molecular flexibility index (Phi) is 3.98. The molecule has 0 aromatic heterocycles. The molecule has 0 aliphatic heterocycles. The lowest BCUT2D eigenvalue weighted by Crippen LogP contribution is -1.95. The quantitative estimate of drug-likeness (QED) is 0.610. The molecule has 1 nitrogen and oxygen atoms in total. The van der Waals surface area contributed by atoms with E-state index in [0.29, 0.717) is 0 Å². The van der Waals surface area contributed by atoms with Gasteiger partial charge < -0.3 is 4.74 Å². The van der Waals surface area contributed by atoms with E-state index >= 15 is 0 Å². The van der Waals surface area contributed by atoms with Crippen molar-refractivity contribution >= 4 is 26.7 Å². The molecule has 0 atom stereocenters. The van der Waals surface area contributed by atoms with Crippen LogP contribution in [0.1, 0.15) is 16.7 Å². The van der Waals surface area contributed by atoms with Crippen molar-refractivity contribution in [2.75, 3.05) is 7.11 Å². The minimum atomic E-state index is 0.882. The summed E-state index contributed by atoms with van der Waals surface area (Å²) in [5.74, 6) is 0.950. The molecule has 0 aliphatic carbocycles. The lowest BCUT2D eigenvalue weighted by Gasteiger charge is -2.11. The molecule has 0 heterocycles. The van der Waals surface area contributed by atoms with Crippen LogP contribution in [0, 0.1) is 6.92 Å². The number of hydrogen-bond donors (Lipinski definition) is 0. The predicted molar refractivity (Wildman–Crippen MR) is 92.2 cm³/mol. The third-order valence-electron chi connectivity index (χ3n) is 3.68. The minimum Gasteiger partial charge on any atom is -0.496 e. The molecule has 2 heteroatoms. The smallest absolute Gasteiger partial charge is 0.123 e. The highest BCUT2D eigenvalue weighted by Crippen LogP contribution is 2.29. The second-order valence-corrected chi connectivity index (χ2v) is 6.24. The lowest BCUT2D eigenvalue weighted by molar-refractivity contribution is 0.411. The van der Waals surface area contributed by atoms with Crippen LogP contribution in [-0.4, -0.2) is 7.11 Å². The Balaban J connectivity index is 2.07.